The molecule has 0 fully saturated rings. The van der Waals surface area contributed by atoms with Crippen molar-refractivity contribution in [1.29, 1.82) is 0 Å². The molecule has 3 aromatic carbocycles. The van der Waals surface area contributed by atoms with Gasteiger partial charge < -0.3 is 14.8 Å². The quantitative estimate of drug-likeness (QED) is 0.576. The molecule has 0 saturated carbocycles. The van der Waals surface area contributed by atoms with Crippen LogP contribution in [0.1, 0.15) is 16.7 Å². The third-order valence-electron chi connectivity index (χ3n) is 5.37. The number of nitrogens with one attached hydrogen (secondary N) is 1. The Hall–Kier alpha value is -4.06. The third kappa shape index (κ3) is 3.83. The zero-order chi connectivity index (χ0) is 22.8. The van der Waals surface area contributed by atoms with Gasteiger partial charge in [-0.25, -0.2) is 4.90 Å². The lowest BCUT2D eigenvalue weighted by atomic mass is 9.97. The van der Waals surface area contributed by atoms with Crippen molar-refractivity contribution in [3.8, 4) is 11.5 Å². The Morgan fingerprint density at radius 2 is 1.44 bits per heavy atom. The van der Waals surface area contributed by atoms with Crippen LogP contribution in [0.2, 0.25) is 0 Å². The van der Waals surface area contributed by atoms with Crippen LogP contribution in [0.25, 0.3) is 5.57 Å². The molecule has 0 aliphatic carbocycles. The van der Waals surface area contributed by atoms with Crippen LogP contribution in [0.4, 0.5) is 11.4 Å². The van der Waals surface area contributed by atoms with Crippen LogP contribution in [0.5, 0.6) is 11.5 Å². The number of benzene rings is 3. The summed E-state index contributed by atoms with van der Waals surface area (Å²) >= 11 is 0. The van der Waals surface area contributed by atoms with Crippen LogP contribution >= 0.6 is 0 Å². The molecule has 3 aromatic rings. The van der Waals surface area contributed by atoms with Gasteiger partial charge in [-0.15, -0.1) is 0 Å². The van der Waals surface area contributed by atoms with Gasteiger partial charge in [-0.1, -0.05) is 42.0 Å². The average Bonchev–Trinajstić information content (AvgIpc) is 3.03. The van der Waals surface area contributed by atoms with Crippen LogP contribution in [-0.4, -0.2) is 26.0 Å². The lowest BCUT2D eigenvalue weighted by Gasteiger charge is -2.15. The van der Waals surface area contributed by atoms with E-state index in [4.69, 9.17) is 9.47 Å². The Morgan fingerprint density at radius 3 is 2.03 bits per heavy atom. The number of ether oxygens (including phenoxy) is 2. The largest absolute Gasteiger partial charge is 0.497 e. The maximum atomic E-state index is 13.6. The standard InChI is InChI=1S/C26H24N2O4/c1-16-10-11-22(17(2)12-16)23-24(27-18-13-20(31-3)15-21(14-18)32-4)26(30)28(25(23)29)19-8-6-5-7-9-19/h5-15,27H,1-4H3. The molecule has 6 heteroatoms. The summed E-state index contributed by atoms with van der Waals surface area (Å²) in [4.78, 5) is 28.3. The van der Waals surface area contributed by atoms with Crippen LogP contribution in [0.3, 0.4) is 0 Å². The number of anilines is 2. The van der Waals surface area contributed by atoms with Crippen LogP contribution < -0.4 is 19.7 Å². The number of para-hydroxylation sites is 1. The molecule has 0 bridgehead atoms. The minimum absolute atomic E-state index is 0.209. The van der Waals surface area contributed by atoms with Gasteiger partial charge in [0.2, 0.25) is 0 Å². The Bertz CT molecular complexity index is 1210. The molecular weight excluding hydrogens is 404 g/mol. The van der Waals surface area contributed by atoms with Gasteiger partial charge in [0.05, 0.1) is 25.5 Å². The predicted molar refractivity (Wildman–Crippen MR) is 125 cm³/mol. The molecule has 0 spiro atoms. The van der Waals surface area contributed by atoms with Crippen molar-refractivity contribution in [1.82, 2.24) is 0 Å². The minimum atomic E-state index is -0.419. The van der Waals surface area contributed by atoms with E-state index in [1.54, 1.807) is 56.7 Å². The molecule has 0 radical (unpaired) electrons. The number of nitrogens with zero attached hydrogens (tertiary/aromatic N) is 1. The van der Waals surface area contributed by atoms with Crippen molar-refractivity contribution in [2.75, 3.05) is 24.4 Å². The van der Waals surface area contributed by atoms with E-state index in [0.29, 0.717) is 34.0 Å². The second kappa shape index (κ2) is 8.59. The molecule has 4 rings (SSSR count). The molecule has 2 amide bonds. The molecule has 1 aliphatic heterocycles. The summed E-state index contributed by atoms with van der Waals surface area (Å²) in [5, 5.41) is 3.17. The average molecular weight is 428 g/mol. The van der Waals surface area contributed by atoms with Gasteiger partial charge in [0.1, 0.15) is 17.2 Å². The maximum Gasteiger partial charge on any atom is 0.282 e. The number of imide groups is 1. The normalized spacial score (nSPS) is 13.6. The topological polar surface area (TPSA) is 67.9 Å². The van der Waals surface area contributed by atoms with E-state index in [9.17, 15) is 9.59 Å². The first-order valence-electron chi connectivity index (χ1n) is 10.2. The number of amides is 2. The highest BCUT2D eigenvalue weighted by Crippen LogP contribution is 2.36. The van der Waals surface area contributed by atoms with Crippen LogP contribution in [0, 0.1) is 13.8 Å². The second-order valence-electron chi connectivity index (χ2n) is 7.58. The van der Waals surface area contributed by atoms with Gasteiger partial charge in [-0.2, -0.15) is 0 Å². The fourth-order valence-electron chi connectivity index (χ4n) is 3.83. The second-order valence-corrected chi connectivity index (χ2v) is 7.58. The summed E-state index contributed by atoms with van der Waals surface area (Å²) in [6.07, 6.45) is 0. The van der Waals surface area contributed by atoms with Crippen molar-refractivity contribution in [2.45, 2.75) is 13.8 Å². The molecule has 1 aliphatic rings. The zero-order valence-electron chi connectivity index (χ0n) is 18.4. The van der Waals surface area contributed by atoms with Crippen LogP contribution in [0.15, 0.2) is 72.4 Å². The number of methoxy groups -OCH3 is 2. The zero-order valence-corrected chi connectivity index (χ0v) is 18.4. The fourth-order valence-corrected chi connectivity index (χ4v) is 3.83. The van der Waals surface area contributed by atoms with E-state index < -0.39 is 5.91 Å². The van der Waals surface area contributed by atoms with Gasteiger partial charge in [0, 0.05) is 23.9 Å². The first-order valence-corrected chi connectivity index (χ1v) is 10.2. The Kier molecular flexibility index (Phi) is 5.69. The Labute approximate surface area is 187 Å². The smallest absolute Gasteiger partial charge is 0.282 e. The van der Waals surface area contributed by atoms with Gasteiger partial charge in [-0.3, -0.25) is 9.59 Å². The SMILES string of the molecule is COc1cc(NC2=C(c3ccc(C)cc3C)C(=O)N(c3ccccc3)C2=O)cc(OC)c1. The Balaban J connectivity index is 1.87. The number of rotatable bonds is 6. The van der Waals surface area contributed by atoms with E-state index in [-0.39, 0.29) is 11.6 Å². The minimum Gasteiger partial charge on any atom is -0.497 e. The van der Waals surface area contributed by atoms with Gasteiger partial charge in [-0.05, 0) is 37.1 Å². The first kappa shape index (κ1) is 21.2. The van der Waals surface area contributed by atoms with E-state index in [1.807, 2.05) is 38.1 Å². The molecule has 1 heterocycles. The maximum absolute atomic E-state index is 13.6. The number of carbonyl (C=O) groups excluding carboxylic acids is 2. The van der Waals surface area contributed by atoms with Crippen molar-refractivity contribution in [3.05, 3.63) is 89.1 Å². The predicted octanol–water partition coefficient (Wildman–Crippen LogP) is 4.72. The van der Waals surface area contributed by atoms with Gasteiger partial charge >= 0.3 is 0 Å². The van der Waals surface area contributed by atoms with E-state index >= 15 is 0 Å². The highest BCUT2D eigenvalue weighted by molar-refractivity contribution is 6.46. The van der Waals surface area contributed by atoms with E-state index in [1.165, 1.54) is 4.90 Å². The van der Waals surface area contributed by atoms with E-state index in [2.05, 4.69) is 5.32 Å². The van der Waals surface area contributed by atoms with Crippen molar-refractivity contribution < 1.29 is 19.1 Å². The number of hydrogen-bond acceptors (Lipinski definition) is 5. The highest BCUT2D eigenvalue weighted by Gasteiger charge is 2.40. The van der Waals surface area contributed by atoms with Gasteiger partial charge in [0.25, 0.3) is 11.8 Å². The summed E-state index contributed by atoms with van der Waals surface area (Å²) in [5.74, 6) is 0.345. The lowest BCUT2D eigenvalue weighted by molar-refractivity contribution is -0.120. The summed E-state index contributed by atoms with van der Waals surface area (Å²) in [7, 11) is 3.11. The summed E-state index contributed by atoms with van der Waals surface area (Å²) in [6, 6.07) is 20.0. The fraction of sp³-hybridized carbons (Fsp3) is 0.154. The van der Waals surface area contributed by atoms with Crippen LogP contribution in [-0.2, 0) is 9.59 Å². The lowest BCUT2D eigenvalue weighted by Crippen LogP contribution is -2.32. The molecule has 6 nitrogen and oxygen atoms in total. The molecule has 0 aromatic heterocycles. The van der Waals surface area contributed by atoms with Crippen molar-refractivity contribution in [2.24, 2.45) is 0 Å². The highest BCUT2D eigenvalue weighted by atomic mass is 16.5. The number of carbonyl (C=O) groups is 2. The number of hydrogen-bond donors (Lipinski definition) is 1. The van der Waals surface area contributed by atoms with Crippen molar-refractivity contribution >= 4 is 28.8 Å². The molecule has 0 atom stereocenters. The van der Waals surface area contributed by atoms with Gasteiger partial charge in [0.15, 0.2) is 0 Å². The van der Waals surface area contributed by atoms with E-state index in [0.717, 1.165) is 11.1 Å². The molecule has 1 N–H and O–H groups in total. The number of aryl methyl sites for hydroxylation is 2. The molecule has 0 saturated heterocycles. The summed E-state index contributed by atoms with van der Waals surface area (Å²) in [6.45, 7) is 3.93. The molecule has 162 valence electrons. The molecule has 32 heavy (non-hydrogen) atoms. The first-order chi connectivity index (χ1) is 15.4. The summed E-state index contributed by atoms with van der Waals surface area (Å²) < 4.78 is 10.7. The third-order valence-corrected chi connectivity index (χ3v) is 5.37. The van der Waals surface area contributed by atoms with Crippen molar-refractivity contribution in [3.63, 3.8) is 0 Å². The monoisotopic (exact) mass is 428 g/mol. The molecule has 0 unspecified atom stereocenters. The molecular formula is C26H24N2O4. The Morgan fingerprint density at radius 1 is 0.781 bits per heavy atom. The summed E-state index contributed by atoms with van der Waals surface area (Å²) in [5.41, 5.74) is 4.34.